The van der Waals surface area contributed by atoms with Crippen LogP contribution in [-0.4, -0.2) is 36.4 Å². The number of hydrogen-bond acceptors (Lipinski definition) is 5. The molecule has 1 aromatic heterocycles. The van der Waals surface area contributed by atoms with E-state index in [1.165, 1.54) is 0 Å². The molecular formula is C11H16IN3O2S. The standard InChI is InChI=1S/C11H16IN3O2S/c1-3-13-11-9(12)7(2)14-10(15-11)8-4-5-18(16,17)6-8/h8H,3-6H2,1-2H3,(H,13,14,15). The minimum absolute atomic E-state index is 0.0527. The molecule has 0 saturated carbocycles. The van der Waals surface area contributed by atoms with E-state index in [2.05, 4.69) is 37.9 Å². The van der Waals surface area contributed by atoms with Crippen LogP contribution in [0.1, 0.15) is 30.8 Å². The molecule has 0 aromatic carbocycles. The Kier molecular flexibility index (Phi) is 4.10. The van der Waals surface area contributed by atoms with Gasteiger partial charge in [-0.1, -0.05) is 0 Å². The first-order chi connectivity index (χ1) is 8.43. The summed E-state index contributed by atoms with van der Waals surface area (Å²) in [7, 11) is -2.89. The fourth-order valence-electron chi connectivity index (χ4n) is 2.05. The Bertz CT molecular complexity index is 560. The number of hydrogen-bond donors (Lipinski definition) is 1. The molecule has 1 unspecified atom stereocenters. The summed E-state index contributed by atoms with van der Waals surface area (Å²) >= 11 is 2.21. The number of nitrogens with zero attached hydrogens (tertiary/aromatic N) is 2. The fraction of sp³-hybridized carbons (Fsp3) is 0.636. The van der Waals surface area contributed by atoms with E-state index in [0.29, 0.717) is 12.2 Å². The van der Waals surface area contributed by atoms with Crippen LogP contribution < -0.4 is 5.32 Å². The number of sulfone groups is 1. The first kappa shape index (κ1) is 14.0. The maximum atomic E-state index is 11.5. The molecule has 0 amide bonds. The van der Waals surface area contributed by atoms with E-state index < -0.39 is 9.84 Å². The van der Waals surface area contributed by atoms with E-state index in [4.69, 9.17) is 0 Å². The van der Waals surface area contributed by atoms with Crippen molar-refractivity contribution < 1.29 is 8.42 Å². The van der Waals surface area contributed by atoms with Gasteiger partial charge in [-0.25, -0.2) is 18.4 Å². The largest absolute Gasteiger partial charge is 0.369 e. The van der Waals surface area contributed by atoms with Crippen LogP contribution in [0.3, 0.4) is 0 Å². The topological polar surface area (TPSA) is 72.0 Å². The fourth-order valence-corrected chi connectivity index (χ4v) is 4.22. The average Bonchev–Trinajstić information content (AvgIpc) is 2.65. The summed E-state index contributed by atoms with van der Waals surface area (Å²) in [5.41, 5.74) is 0.904. The van der Waals surface area contributed by atoms with Gasteiger partial charge in [0.15, 0.2) is 9.84 Å². The lowest BCUT2D eigenvalue weighted by Gasteiger charge is -2.12. The first-order valence-electron chi connectivity index (χ1n) is 5.91. The minimum atomic E-state index is -2.89. The molecule has 1 aliphatic heterocycles. The zero-order valence-electron chi connectivity index (χ0n) is 10.4. The SMILES string of the molecule is CCNc1nc(C2CCS(=O)(=O)C2)nc(C)c1I. The van der Waals surface area contributed by atoms with Crippen LogP contribution >= 0.6 is 22.6 Å². The molecule has 100 valence electrons. The Labute approximate surface area is 121 Å². The molecule has 1 aromatic rings. The highest BCUT2D eigenvalue weighted by molar-refractivity contribution is 14.1. The Morgan fingerprint density at radius 1 is 1.44 bits per heavy atom. The number of aryl methyl sites for hydroxylation is 1. The summed E-state index contributed by atoms with van der Waals surface area (Å²) in [4.78, 5) is 8.92. The highest BCUT2D eigenvalue weighted by atomic mass is 127. The summed E-state index contributed by atoms with van der Waals surface area (Å²) in [6.07, 6.45) is 0.633. The third-order valence-corrected chi connectivity index (χ3v) is 6.04. The molecule has 1 saturated heterocycles. The molecule has 0 radical (unpaired) electrons. The number of halogens is 1. The lowest BCUT2D eigenvalue weighted by molar-refractivity contribution is 0.601. The lowest BCUT2D eigenvalue weighted by atomic mass is 10.1. The van der Waals surface area contributed by atoms with E-state index in [1.807, 2.05) is 13.8 Å². The van der Waals surface area contributed by atoms with Crippen LogP contribution in [-0.2, 0) is 9.84 Å². The summed E-state index contributed by atoms with van der Waals surface area (Å²) in [6.45, 7) is 4.72. The average molecular weight is 381 g/mol. The van der Waals surface area contributed by atoms with Crippen LogP contribution in [0.4, 0.5) is 5.82 Å². The Balaban J connectivity index is 2.34. The van der Waals surface area contributed by atoms with Crippen molar-refractivity contribution in [2.24, 2.45) is 0 Å². The minimum Gasteiger partial charge on any atom is -0.369 e. The van der Waals surface area contributed by atoms with Crippen molar-refractivity contribution >= 4 is 38.2 Å². The van der Waals surface area contributed by atoms with Crippen molar-refractivity contribution in [3.63, 3.8) is 0 Å². The zero-order valence-corrected chi connectivity index (χ0v) is 13.4. The van der Waals surface area contributed by atoms with E-state index in [1.54, 1.807) is 0 Å². The Morgan fingerprint density at radius 2 is 2.17 bits per heavy atom. The van der Waals surface area contributed by atoms with E-state index in [-0.39, 0.29) is 17.4 Å². The third-order valence-electron chi connectivity index (χ3n) is 2.98. The van der Waals surface area contributed by atoms with Gasteiger partial charge < -0.3 is 5.32 Å². The first-order valence-corrected chi connectivity index (χ1v) is 8.81. The van der Waals surface area contributed by atoms with Gasteiger partial charge in [0.2, 0.25) is 0 Å². The predicted octanol–water partition coefficient (Wildman–Crippen LogP) is 1.72. The summed E-state index contributed by atoms with van der Waals surface area (Å²) < 4.78 is 24.0. The van der Waals surface area contributed by atoms with Gasteiger partial charge in [0.1, 0.15) is 11.6 Å². The number of aromatic nitrogens is 2. The highest BCUT2D eigenvalue weighted by Gasteiger charge is 2.31. The Morgan fingerprint density at radius 3 is 2.72 bits per heavy atom. The van der Waals surface area contributed by atoms with Gasteiger partial charge in [-0.3, -0.25) is 0 Å². The van der Waals surface area contributed by atoms with Crippen molar-refractivity contribution in [1.29, 1.82) is 0 Å². The number of anilines is 1. The van der Waals surface area contributed by atoms with Crippen LogP contribution in [0.25, 0.3) is 0 Å². The number of rotatable bonds is 3. The van der Waals surface area contributed by atoms with Crippen LogP contribution in [0, 0.1) is 10.5 Å². The van der Waals surface area contributed by atoms with E-state index in [9.17, 15) is 8.42 Å². The summed E-state index contributed by atoms with van der Waals surface area (Å²) in [5.74, 6) is 1.85. The van der Waals surface area contributed by atoms with Gasteiger partial charge in [0, 0.05) is 12.5 Å². The molecule has 0 bridgehead atoms. The lowest BCUT2D eigenvalue weighted by Crippen LogP contribution is -2.12. The van der Waals surface area contributed by atoms with E-state index >= 15 is 0 Å². The predicted molar refractivity (Wildman–Crippen MR) is 79.7 cm³/mol. The second kappa shape index (κ2) is 5.28. The van der Waals surface area contributed by atoms with Gasteiger partial charge in [-0.15, -0.1) is 0 Å². The quantitative estimate of drug-likeness (QED) is 0.808. The zero-order chi connectivity index (χ0) is 13.3. The van der Waals surface area contributed by atoms with Crippen LogP contribution in [0.2, 0.25) is 0 Å². The Hall–Kier alpha value is -0.440. The molecule has 7 heteroatoms. The maximum absolute atomic E-state index is 11.5. The van der Waals surface area contributed by atoms with Crippen molar-refractivity contribution in [2.45, 2.75) is 26.2 Å². The molecule has 2 rings (SSSR count). The molecule has 1 aliphatic rings. The summed E-state index contributed by atoms with van der Waals surface area (Å²) in [5, 5.41) is 3.19. The molecule has 0 aliphatic carbocycles. The molecule has 1 N–H and O–H groups in total. The van der Waals surface area contributed by atoms with Crippen molar-refractivity contribution in [3.8, 4) is 0 Å². The molecular weight excluding hydrogens is 365 g/mol. The van der Waals surface area contributed by atoms with Gasteiger partial charge >= 0.3 is 0 Å². The van der Waals surface area contributed by atoms with Crippen molar-refractivity contribution in [1.82, 2.24) is 9.97 Å². The van der Waals surface area contributed by atoms with E-state index in [0.717, 1.165) is 21.6 Å². The highest BCUT2D eigenvalue weighted by Crippen LogP contribution is 2.29. The molecule has 2 heterocycles. The normalized spacial score (nSPS) is 22.1. The number of nitrogens with one attached hydrogen (secondary N) is 1. The van der Waals surface area contributed by atoms with Gasteiger partial charge in [0.25, 0.3) is 0 Å². The van der Waals surface area contributed by atoms with Gasteiger partial charge in [0.05, 0.1) is 20.8 Å². The van der Waals surface area contributed by atoms with Crippen LogP contribution in [0.15, 0.2) is 0 Å². The molecule has 1 fully saturated rings. The van der Waals surface area contributed by atoms with Gasteiger partial charge in [-0.2, -0.15) is 0 Å². The van der Waals surface area contributed by atoms with Crippen LogP contribution in [0.5, 0.6) is 0 Å². The second-order valence-corrected chi connectivity index (χ2v) is 7.77. The molecule has 1 atom stereocenters. The maximum Gasteiger partial charge on any atom is 0.151 e. The molecule has 0 spiro atoms. The van der Waals surface area contributed by atoms with Crippen molar-refractivity contribution in [2.75, 3.05) is 23.4 Å². The van der Waals surface area contributed by atoms with Crippen molar-refractivity contribution in [3.05, 3.63) is 15.1 Å². The monoisotopic (exact) mass is 381 g/mol. The molecule has 18 heavy (non-hydrogen) atoms. The smallest absolute Gasteiger partial charge is 0.151 e. The second-order valence-electron chi connectivity index (χ2n) is 4.46. The third kappa shape index (κ3) is 2.93. The molecule has 5 nitrogen and oxygen atoms in total. The summed E-state index contributed by atoms with van der Waals surface area (Å²) in [6, 6.07) is 0. The van der Waals surface area contributed by atoms with Gasteiger partial charge in [-0.05, 0) is 42.9 Å².